The van der Waals surface area contributed by atoms with Gasteiger partial charge in [-0.15, -0.1) is 0 Å². The number of carbonyl (C=O) groups excluding carboxylic acids is 2. The minimum Gasteiger partial charge on any atom is -0.332 e. The van der Waals surface area contributed by atoms with Gasteiger partial charge in [-0.2, -0.15) is 0 Å². The van der Waals surface area contributed by atoms with Crippen molar-refractivity contribution >= 4 is 45.2 Å². The summed E-state index contributed by atoms with van der Waals surface area (Å²) in [5.41, 5.74) is 2.57. The Bertz CT molecular complexity index is 765. The van der Waals surface area contributed by atoms with Gasteiger partial charge in [0.05, 0.1) is 12.6 Å². The molecule has 2 aromatic carbocycles. The van der Waals surface area contributed by atoms with Crippen LogP contribution in [0.4, 0.5) is 10.5 Å². The summed E-state index contributed by atoms with van der Waals surface area (Å²) in [7, 11) is 0. The smallest absolute Gasteiger partial charge is 0.315 e. The second-order valence-corrected chi connectivity index (χ2v) is 6.96. The Kier molecular flexibility index (Phi) is 6.84. The maximum atomic E-state index is 12.0. The first-order valence-corrected chi connectivity index (χ1v) is 8.88. The lowest BCUT2D eigenvalue weighted by Crippen LogP contribution is -2.41. The topological polar surface area (TPSA) is 70.2 Å². The number of hydrogen-bond acceptors (Lipinski definition) is 2. The van der Waals surface area contributed by atoms with E-state index in [0.717, 1.165) is 15.6 Å². The SMILES string of the molecule is Cc1cc(Br)ccc1NC(=O)CNC(=O)N[C@H](C)c1ccc(Cl)cc1. The molecule has 25 heavy (non-hydrogen) atoms. The molecule has 0 radical (unpaired) electrons. The standard InChI is InChI=1S/C18H19BrClN3O2/c1-11-9-14(19)5-8-16(11)23-17(24)10-21-18(25)22-12(2)13-3-6-15(20)7-4-13/h3-9,12H,10H2,1-2H3,(H,23,24)(H2,21,22,25)/t12-/m1/s1. The average molecular weight is 425 g/mol. The molecule has 0 aromatic heterocycles. The predicted molar refractivity (Wildman–Crippen MR) is 104 cm³/mol. The van der Waals surface area contributed by atoms with Crippen LogP contribution in [0.5, 0.6) is 0 Å². The van der Waals surface area contributed by atoms with Crippen molar-refractivity contribution in [2.75, 3.05) is 11.9 Å². The summed E-state index contributed by atoms with van der Waals surface area (Å²) in [4.78, 5) is 23.9. The second kappa shape index (κ2) is 8.87. The van der Waals surface area contributed by atoms with E-state index in [4.69, 9.17) is 11.6 Å². The van der Waals surface area contributed by atoms with Crippen molar-refractivity contribution in [1.82, 2.24) is 10.6 Å². The van der Waals surface area contributed by atoms with Crippen LogP contribution in [0.15, 0.2) is 46.9 Å². The van der Waals surface area contributed by atoms with E-state index in [0.29, 0.717) is 10.7 Å². The van der Waals surface area contributed by atoms with Crippen LogP contribution in [-0.2, 0) is 4.79 Å². The Morgan fingerprint density at radius 2 is 1.84 bits per heavy atom. The highest BCUT2D eigenvalue weighted by Crippen LogP contribution is 2.20. The molecule has 0 saturated heterocycles. The fourth-order valence-electron chi connectivity index (χ4n) is 2.20. The van der Waals surface area contributed by atoms with Crippen molar-refractivity contribution in [2.45, 2.75) is 19.9 Å². The molecule has 0 aliphatic heterocycles. The van der Waals surface area contributed by atoms with Gasteiger partial charge in [0, 0.05) is 15.2 Å². The summed E-state index contributed by atoms with van der Waals surface area (Å²) in [6, 6.07) is 12.2. The van der Waals surface area contributed by atoms with Crippen LogP contribution in [-0.4, -0.2) is 18.5 Å². The highest BCUT2D eigenvalue weighted by Gasteiger charge is 2.11. The van der Waals surface area contributed by atoms with Crippen molar-refractivity contribution < 1.29 is 9.59 Å². The van der Waals surface area contributed by atoms with Gasteiger partial charge >= 0.3 is 6.03 Å². The molecular weight excluding hydrogens is 406 g/mol. The molecule has 0 bridgehead atoms. The lowest BCUT2D eigenvalue weighted by molar-refractivity contribution is -0.115. The van der Waals surface area contributed by atoms with Crippen molar-refractivity contribution in [2.24, 2.45) is 0 Å². The van der Waals surface area contributed by atoms with E-state index >= 15 is 0 Å². The molecule has 0 fully saturated rings. The van der Waals surface area contributed by atoms with E-state index in [1.54, 1.807) is 18.2 Å². The Morgan fingerprint density at radius 3 is 2.48 bits per heavy atom. The van der Waals surface area contributed by atoms with Gasteiger partial charge in [0.2, 0.25) is 5.91 Å². The van der Waals surface area contributed by atoms with Gasteiger partial charge in [0.25, 0.3) is 0 Å². The third-order valence-corrected chi connectivity index (χ3v) is 4.33. The molecule has 0 aliphatic rings. The number of halogens is 2. The van der Waals surface area contributed by atoms with Crippen molar-refractivity contribution in [3.05, 3.63) is 63.1 Å². The van der Waals surface area contributed by atoms with Gasteiger partial charge in [0.1, 0.15) is 0 Å². The first kappa shape index (κ1) is 19.3. The summed E-state index contributed by atoms with van der Waals surface area (Å²) in [5.74, 6) is -0.292. The molecule has 5 nitrogen and oxygen atoms in total. The zero-order valence-electron chi connectivity index (χ0n) is 13.9. The first-order valence-electron chi connectivity index (χ1n) is 7.71. The highest BCUT2D eigenvalue weighted by atomic mass is 79.9. The van der Waals surface area contributed by atoms with Gasteiger partial charge in [0.15, 0.2) is 0 Å². The zero-order valence-corrected chi connectivity index (χ0v) is 16.2. The third-order valence-electron chi connectivity index (χ3n) is 3.59. The normalized spacial score (nSPS) is 11.5. The minimum atomic E-state index is -0.412. The number of anilines is 1. The largest absolute Gasteiger partial charge is 0.332 e. The predicted octanol–water partition coefficient (Wildman–Crippen LogP) is 4.41. The van der Waals surface area contributed by atoms with Gasteiger partial charge in [-0.25, -0.2) is 4.79 Å². The monoisotopic (exact) mass is 423 g/mol. The summed E-state index contributed by atoms with van der Waals surface area (Å²) in [6.07, 6.45) is 0. The molecule has 1 atom stereocenters. The van der Waals surface area contributed by atoms with E-state index in [1.165, 1.54) is 0 Å². The van der Waals surface area contributed by atoms with Gasteiger partial charge < -0.3 is 16.0 Å². The molecule has 0 aliphatic carbocycles. The van der Waals surface area contributed by atoms with E-state index in [-0.39, 0.29) is 18.5 Å². The summed E-state index contributed by atoms with van der Waals surface area (Å²) < 4.78 is 0.941. The molecule has 132 valence electrons. The summed E-state index contributed by atoms with van der Waals surface area (Å²) in [5, 5.41) is 8.73. The van der Waals surface area contributed by atoms with Gasteiger partial charge in [-0.1, -0.05) is 39.7 Å². The number of urea groups is 1. The molecule has 2 rings (SSSR count). The molecular formula is C18H19BrClN3O2. The number of aryl methyl sites for hydroxylation is 1. The van der Waals surface area contributed by atoms with Gasteiger partial charge in [-0.05, 0) is 55.3 Å². The van der Waals surface area contributed by atoms with Crippen LogP contribution >= 0.6 is 27.5 Å². The van der Waals surface area contributed by atoms with Crippen LogP contribution < -0.4 is 16.0 Å². The lowest BCUT2D eigenvalue weighted by atomic mass is 10.1. The van der Waals surface area contributed by atoms with E-state index in [2.05, 4.69) is 31.9 Å². The van der Waals surface area contributed by atoms with Crippen LogP contribution in [0.1, 0.15) is 24.1 Å². The summed E-state index contributed by atoms with van der Waals surface area (Å²) >= 11 is 9.22. The molecule has 0 saturated carbocycles. The number of nitrogens with one attached hydrogen (secondary N) is 3. The molecule has 0 spiro atoms. The van der Waals surface area contributed by atoms with E-state index in [1.807, 2.05) is 38.1 Å². The van der Waals surface area contributed by atoms with Crippen LogP contribution in [0.3, 0.4) is 0 Å². The van der Waals surface area contributed by atoms with Crippen molar-refractivity contribution in [1.29, 1.82) is 0 Å². The Hall–Kier alpha value is -2.05. The quantitative estimate of drug-likeness (QED) is 0.665. The molecule has 3 N–H and O–H groups in total. The molecule has 7 heteroatoms. The van der Waals surface area contributed by atoms with Crippen LogP contribution in [0.25, 0.3) is 0 Å². The van der Waals surface area contributed by atoms with Crippen molar-refractivity contribution in [3.8, 4) is 0 Å². The number of amides is 3. The van der Waals surface area contributed by atoms with E-state index < -0.39 is 6.03 Å². The van der Waals surface area contributed by atoms with Crippen LogP contribution in [0, 0.1) is 6.92 Å². The number of rotatable bonds is 5. The minimum absolute atomic E-state index is 0.116. The highest BCUT2D eigenvalue weighted by molar-refractivity contribution is 9.10. The van der Waals surface area contributed by atoms with Crippen LogP contribution in [0.2, 0.25) is 5.02 Å². The van der Waals surface area contributed by atoms with E-state index in [9.17, 15) is 9.59 Å². The lowest BCUT2D eigenvalue weighted by Gasteiger charge is -2.15. The third kappa shape index (κ3) is 6.07. The molecule has 0 unspecified atom stereocenters. The zero-order chi connectivity index (χ0) is 18.4. The fourth-order valence-corrected chi connectivity index (χ4v) is 2.81. The summed E-state index contributed by atoms with van der Waals surface area (Å²) in [6.45, 7) is 3.64. The Labute approximate surface area is 160 Å². The second-order valence-electron chi connectivity index (χ2n) is 5.61. The Morgan fingerprint density at radius 1 is 1.16 bits per heavy atom. The first-order chi connectivity index (χ1) is 11.8. The maximum absolute atomic E-state index is 12.0. The number of benzene rings is 2. The maximum Gasteiger partial charge on any atom is 0.315 e. The Balaban J connectivity index is 1.80. The van der Waals surface area contributed by atoms with Crippen molar-refractivity contribution in [3.63, 3.8) is 0 Å². The van der Waals surface area contributed by atoms with Gasteiger partial charge in [-0.3, -0.25) is 4.79 Å². The molecule has 0 heterocycles. The molecule has 3 amide bonds. The molecule has 2 aromatic rings. The number of carbonyl (C=O) groups is 2. The fraction of sp³-hybridized carbons (Fsp3) is 0.222. The number of hydrogen-bond donors (Lipinski definition) is 3. The average Bonchev–Trinajstić information content (AvgIpc) is 2.56.